The lowest BCUT2D eigenvalue weighted by Crippen LogP contribution is -2.35. The fourth-order valence-electron chi connectivity index (χ4n) is 3.14. The van der Waals surface area contributed by atoms with Gasteiger partial charge in [0.1, 0.15) is 11.9 Å². The van der Waals surface area contributed by atoms with E-state index < -0.39 is 24.6 Å². The van der Waals surface area contributed by atoms with Gasteiger partial charge < -0.3 is 10.2 Å². The summed E-state index contributed by atoms with van der Waals surface area (Å²) >= 11 is 0. The normalized spacial score (nSPS) is 14.0. The van der Waals surface area contributed by atoms with E-state index in [0.717, 1.165) is 5.52 Å². The Balaban J connectivity index is 2.32. The van der Waals surface area contributed by atoms with Crippen molar-refractivity contribution in [3.63, 3.8) is 0 Å². The van der Waals surface area contributed by atoms with Crippen molar-refractivity contribution in [2.75, 3.05) is 6.61 Å². The summed E-state index contributed by atoms with van der Waals surface area (Å²) in [6.07, 6.45) is -1.24. The summed E-state index contributed by atoms with van der Waals surface area (Å²) in [6, 6.07) is 12.1. The minimum atomic E-state index is -1.24. The van der Waals surface area contributed by atoms with Crippen LogP contribution in [0.5, 0.6) is 0 Å². The van der Waals surface area contributed by atoms with E-state index in [0.29, 0.717) is 17.6 Å². The molecule has 1 heterocycles. The van der Waals surface area contributed by atoms with Crippen molar-refractivity contribution >= 4 is 11.0 Å². The zero-order valence-electron chi connectivity index (χ0n) is 13.3. The van der Waals surface area contributed by atoms with Crippen LogP contribution in [0.3, 0.4) is 0 Å². The zero-order chi connectivity index (χ0) is 17.3. The number of aryl methyl sites for hydroxylation is 1. The topological polar surface area (TPSA) is 67.4 Å². The van der Waals surface area contributed by atoms with Crippen LogP contribution in [0.25, 0.3) is 11.0 Å². The molecule has 0 fully saturated rings. The highest BCUT2D eigenvalue weighted by atomic mass is 19.1. The van der Waals surface area contributed by atoms with Crippen molar-refractivity contribution in [3.05, 3.63) is 70.4 Å². The van der Waals surface area contributed by atoms with Crippen LogP contribution in [0.1, 0.15) is 18.5 Å². The Kier molecular flexibility index (Phi) is 4.51. The van der Waals surface area contributed by atoms with Gasteiger partial charge in [0.05, 0.1) is 23.7 Å². The van der Waals surface area contributed by atoms with Crippen LogP contribution in [0.4, 0.5) is 4.39 Å². The molecular formula is C18H19FN2O3. The number of aliphatic hydroxyl groups excluding tert-OH is 2. The van der Waals surface area contributed by atoms with Crippen LogP contribution in [-0.2, 0) is 6.54 Å². The van der Waals surface area contributed by atoms with Gasteiger partial charge in [0.15, 0.2) is 0 Å². The van der Waals surface area contributed by atoms with Gasteiger partial charge in [-0.25, -0.2) is 9.18 Å². The van der Waals surface area contributed by atoms with Crippen LogP contribution in [-0.4, -0.2) is 32.1 Å². The molecular weight excluding hydrogens is 311 g/mol. The average molecular weight is 330 g/mol. The molecule has 0 unspecified atom stereocenters. The van der Waals surface area contributed by atoms with Gasteiger partial charge in [0.2, 0.25) is 0 Å². The molecule has 0 aliphatic heterocycles. The first-order valence-electron chi connectivity index (χ1n) is 7.82. The molecule has 2 N–H and O–H groups in total. The number of halogens is 1. The highest BCUT2D eigenvalue weighted by Gasteiger charge is 2.27. The van der Waals surface area contributed by atoms with Crippen molar-refractivity contribution < 1.29 is 14.6 Å². The minimum absolute atomic E-state index is 0.305. The molecule has 2 aromatic carbocycles. The zero-order valence-corrected chi connectivity index (χ0v) is 13.3. The maximum Gasteiger partial charge on any atom is 0.329 e. The number of rotatable bonds is 5. The third kappa shape index (κ3) is 2.64. The van der Waals surface area contributed by atoms with E-state index >= 15 is 0 Å². The molecule has 126 valence electrons. The molecule has 0 aliphatic carbocycles. The molecule has 1 aromatic heterocycles. The van der Waals surface area contributed by atoms with Crippen molar-refractivity contribution in [2.45, 2.75) is 25.6 Å². The van der Waals surface area contributed by atoms with Crippen molar-refractivity contribution in [2.24, 2.45) is 0 Å². The van der Waals surface area contributed by atoms with E-state index in [1.165, 1.54) is 22.8 Å². The fourth-order valence-corrected chi connectivity index (χ4v) is 3.14. The SMILES string of the molecule is CCn1c(=O)n([C@@H](c2cccc(F)c2)[C@H](O)CO)c2ccccc21. The maximum atomic E-state index is 13.7. The lowest BCUT2D eigenvalue weighted by Gasteiger charge is -2.23. The van der Waals surface area contributed by atoms with Gasteiger partial charge in [-0.1, -0.05) is 24.3 Å². The Morgan fingerprint density at radius 1 is 1.12 bits per heavy atom. The number of nitrogens with zero attached hydrogens (tertiary/aromatic N) is 2. The Bertz CT molecular complexity index is 916. The lowest BCUT2D eigenvalue weighted by molar-refractivity contribution is 0.0640. The summed E-state index contributed by atoms with van der Waals surface area (Å²) in [5.41, 5.74) is 1.49. The summed E-state index contributed by atoms with van der Waals surface area (Å²) in [6.45, 7) is 1.79. The number of benzene rings is 2. The predicted molar refractivity (Wildman–Crippen MR) is 89.5 cm³/mol. The Morgan fingerprint density at radius 3 is 2.46 bits per heavy atom. The molecule has 2 atom stereocenters. The van der Waals surface area contributed by atoms with Crippen LogP contribution >= 0.6 is 0 Å². The molecule has 3 aromatic rings. The van der Waals surface area contributed by atoms with Gasteiger partial charge in [-0.05, 0) is 36.8 Å². The molecule has 6 heteroatoms. The highest BCUT2D eigenvalue weighted by molar-refractivity contribution is 5.76. The summed E-state index contributed by atoms with van der Waals surface area (Å²) < 4.78 is 16.7. The molecule has 0 bridgehead atoms. The molecule has 5 nitrogen and oxygen atoms in total. The number of fused-ring (bicyclic) bond motifs is 1. The summed E-state index contributed by atoms with van der Waals surface area (Å²) in [5.74, 6) is -0.463. The smallest absolute Gasteiger partial charge is 0.329 e. The highest BCUT2D eigenvalue weighted by Crippen LogP contribution is 2.26. The number of hydrogen-bond acceptors (Lipinski definition) is 3. The average Bonchev–Trinajstić information content (AvgIpc) is 2.87. The van der Waals surface area contributed by atoms with E-state index in [2.05, 4.69) is 0 Å². The van der Waals surface area contributed by atoms with Crippen LogP contribution in [0, 0.1) is 5.82 Å². The van der Waals surface area contributed by atoms with Crippen molar-refractivity contribution in [1.29, 1.82) is 0 Å². The van der Waals surface area contributed by atoms with Gasteiger partial charge in [-0.3, -0.25) is 9.13 Å². The molecule has 0 saturated carbocycles. The standard InChI is InChI=1S/C18H19FN2O3/c1-2-20-14-8-3-4-9-15(14)21(18(20)24)17(16(23)11-22)12-6-5-7-13(19)10-12/h3-10,16-17,22-23H,2,11H2,1H3/t16-,17+/m1/s1. The summed E-state index contributed by atoms with van der Waals surface area (Å²) in [7, 11) is 0. The van der Waals surface area contributed by atoms with Crippen LogP contribution < -0.4 is 5.69 Å². The number of hydrogen-bond donors (Lipinski definition) is 2. The molecule has 0 amide bonds. The second-order valence-corrected chi connectivity index (χ2v) is 5.64. The number of imidazole rings is 1. The van der Waals surface area contributed by atoms with Gasteiger partial charge in [-0.2, -0.15) is 0 Å². The largest absolute Gasteiger partial charge is 0.394 e. The first-order chi connectivity index (χ1) is 11.6. The van der Waals surface area contributed by atoms with E-state index in [1.54, 1.807) is 22.8 Å². The van der Waals surface area contributed by atoms with E-state index in [-0.39, 0.29) is 5.69 Å². The Hall–Kier alpha value is -2.44. The fraction of sp³-hybridized carbons (Fsp3) is 0.278. The summed E-state index contributed by atoms with van der Waals surface area (Å²) in [5, 5.41) is 19.8. The van der Waals surface area contributed by atoms with Crippen LogP contribution in [0.15, 0.2) is 53.3 Å². The number of aromatic nitrogens is 2. The predicted octanol–water partition coefficient (Wildman–Crippen LogP) is 1.90. The quantitative estimate of drug-likeness (QED) is 0.751. The van der Waals surface area contributed by atoms with E-state index in [9.17, 15) is 19.4 Å². The minimum Gasteiger partial charge on any atom is -0.394 e. The monoisotopic (exact) mass is 330 g/mol. The van der Waals surface area contributed by atoms with Gasteiger partial charge in [0, 0.05) is 6.54 Å². The lowest BCUT2D eigenvalue weighted by atomic mass is 10.0. The van der Waals surface area contributed by atoms with Gasteiger partial charge in [-0.15, -0.1) is 0 Å². The Labute approximate surface area is 138 Å². The third-order valence-corrected chi connectivity index (χ3v) is 4.21. The molecule has 0 radical (unpaired) electrons. The van der Waals surface area contributed by atoms with E-state index in [1.807, 2.05) is 19.1 Å². The second-order valence-electron chi connectivity index (χ2n) is 5.64. The van der Waals surface area contributed by atoms with Crippen LogP contribution in [0.2, 0.25) is 0 Å². The van der Waals surface area contributed by atoms with Gasteiger partial charge in [0.25, 0.3) is 0 Å². The Morgan fingerprint density at radius 2 is 1.83 bits per heavy atom. The molecule has 3 rings (SSSR count). The molecule has 0 aliphatic rings. The first kappa shape index (κ1) is 16.4. The van der Waals surface area contributed by atoms with Crippen molar-refractivity contribution in [3.8, 4) is 0 Å². The first-order valence-corrected chi connectivity index (χ1v) is 7.82. The third-order valence-electron chi connectivity index (χ3n) is 4.21. The number of aliphatic hydroxyl groups is 2. The van der Waals surface area contributed by atoms with E-state index in [4.69, 9.17) is 0 Å². The molecule has 0 saturated heterocycles. The molecule has 0 spiro atoms. The van der Waals surface area contributed by atoms with Crippen molar-refractivity contribution in [1.82, 2.24) is 9.13 Å². The summed E-state index contributed by atoms with van der Waals surface area (Å²) in [4.78, 5) is 12.9. The maximum absolute atomic E-state index is 13.7. The second kappa shape index (κ2) is 6.59. The molecule has 24 heavy (non-hydrogen) atoms. The van der Waals surface area contributed by atoms with Gasteiger partial charge >= 0.3 is 5.69 Å². The number of para-hydroxylation sites is 2.